The number of hydrogen-bond donors (Lipinski definition) is 1. The smallest absolute Gasteiger partial charge is 0.229 e. The minimum Gasteiger partial charge on any atom is -0.342 e. The van der Waals surface area contributed by atoms with Crippen molar-refractivity contribution >= 4 is 29.1 Å². The Bertz CT molecular complexity index is 774. The Hall–Kier alpha value is -2.33. The molecule has 25 heavy (non-hydrogen) atoms. The van der Waals surface area contributed by atoms with Crippen molar-refractivity contribution in [2.45, 2.75) is 19.8 Å². The lowest BCUT2D eigenvalue weighted by Crippen LogP contribution is -2.30. The summed E-state index contributed by atoms with van der Waals surface area (Å²) in [5.41, 5.74) is 2.99. The van der Waals surface area contributed by atoms with Crippen molar-refractivity contribution in [3.63, 3.8) is 0 Å². The first kappa shape index (κ1) is 17.5. The second-order valence-electron chi connectivity index (χ2n) is 6.48. The van der Waals surface area contributed by atoms with E-state index < -0.39 is 0 Å². The van der Waals surface area contributed by atoms with E-state index in [0.29, 0.717) is 18.1 Å². The SMILES string of the molecule is Cc1ccc(NC(=O)C2CC(=O)N(CCc3cccc(Cl)c3)C2)cc1. The Balaban J connectivity index is 1.54. The molecule has 5 heteroatoms. The van der Waals surface area contributed by atoms with Gasteiger partial charge in [0.25, 0.3) is 0 Å². The molecule has 1 fully saturated rings. The van der Waals surface area contributed by atoms with Crippen molar-refractivity contribution in [2.24, 2.45) is 5.92 Å². The van der Waals surface area contributed by atoms with Crippen molar-refractivity contribution in [1.29, 1.82) is 0 Å². The van der Waals surface area contributed by atoms with Crippen molar-refractivity contribution in [2.75, 3.05) is 18.4 Å². The zero-order chi connectivity index (χ0) is 17.8. The van der Waals surface area contributed by atoms with Crippen LogP contribution in [0.3, 0.4) is 0 Å². The molecule has 0 aromatic heterocycles. The number of nitrogens with one attached hydrogen (secondary N) is 1. The normalized spacial score (nSPS) is 17.0. The number of carbonyl (C=O) groups is 2. The zero-order valence-corrected chi connectivity index (χ0v) is 14.9. The fourth-order valence-electron chi connectivity index (χ4n) is 3.00. The van der Waals surface area contributed by atoms with Crippen molar-refractivity contribution in [3.05, 3.63) is 64.7 Å². The van der Waals surface area contributed by atoms with Crippen molar-refractivity contribution in [1.82, 2.24) is 4.90 Å². The van der Waals surface area contributed by atoms with E-state index >= 15 is 0 Å². The second-order valence-corrected chi connectivity index (χ2v) is 6.91. The molecule has 0 spiro atoms. The molecule has 2 aromatic rings. The summed E-state index contributed by atoms with van der Waals surface area (Å²) in [5.74, 6) is -0.360. The fraction of sp³-hybridized carbons (Fsp3) is 0.300. The molecule has 3 rings (SSSR count). The number of carbonyl (C=O) groups excluding carboxylic acids is 2. The molecule has 1 unspecified atom stereocenters. The third kappa shape index (κ3) is 4.60. The molecule has 130 valence electrons. The van der Waals surface area contributed by atoms with Crippen LogP contribution in [0.4, 0.5) is 5.69 Å². The van der Waals surface area contributed by atoms with Gasteiger partial charge in [-0.2, -0.15) is 0 Å². The maximum absolute atomic E-state index is 12.4. The number of nitrogens with zero attached hydrogens (tertiary/aromatic N) is 1. The summed E-state index contributed by atoms with van der Waals surface area (Å²) < 4.78 is 0. The van der Waals surface area contributed by atoms with E-state index in [0.717, 1.165) is 23.2 Å². The van der Waals surface area contributed by atoms with Crippen molar-refractivity contribution < 1.29 is 9.59 Å². The summed E-state index contributed by atoms with van der Waals surface area (Å²) in [6, 6.07) is 15.3. The van der Waals surface area contributed by atoms with E-state index in [1.165, 1.54) is 0 Å². The van der Waals surface area contributed by atoms with Crippen LogP contribution >= 0.6 is 11.6 Å². The molecule has 1 aliphatic rings. The number of hydrogen-bond acceptors (Lipinski definition) is 2. The highest BCUT2D eigenvalue weighted by atomic mass is 35.5. The number of benzene rings is 2. The Morgan fingerprint density at radius 3 is 2.72 bits per heavy atom. The number of amides is 2. The van der Waals surface area contributed by atoms with Gasteiger partial charge in [-0.1, -0.05) is 41.4 Å². The summed E-state index contributed by atoms with van der Waals surface area (Å²) in [6.07, 6.45) is 1.01. The van der Waals surface area contributed by atoms with Gasteiger partial charge in [0.05, 0.1) is 5.92 Å². The lowest BCUT2D eigenvalue weighted by molar-refractivity contribution is -0.128. The van der Waals surface area contributed by atoms with Crippen LogP contribution in [-0.2, 0) is 16.0 Å². The van der Waals surface area contributed by atoms with E-state index in [4.69, 9.17) is 11.6 Å². The van der Waals surface area contributed by atoms with Crippen LogP contribution in [0.1, 0.15) is 17.5 Å². The van der Waals surface area contributed by atoms with E-state index in [-0.39, 0.29) is 24.2 Å². The molecule has 0 saturated carbocycles. The van der Waals surface area contributed by atoms with Crippen LogP contribution < -0.4 is 5.32 Å². The third-order valence-corrected chi connectivity index (χ3v) is 4.70. The Morgan fingerprint density at radius 1 is 1.24 bits per heavy atom. The van der Waals surface area contributed by atoms with Gasteiger partial charge in [0.15, 0.2) is 0 Å². The fourth-order valence-corrected chi connectivity index (χ4v) is 3.21. The minimum atomic E-state index is -0.298. The van der Waals surface area contributed by atoms with Gasteiger partial charge in [0.2, 0.25) is 11.8 Å². The first-order chi connectivity index (χ1) is 12.0. The van der Waals surface area contributed by atoms with E-state index in [9.17, 15) is 9.59 Å². The number of halogens is 1. The highest BCUT2D eigenvalue weighted by Gasteiger charge is 2.33. The summed E-state index contributed by atoms with van der Waals surface area (Å²) in [7, 11) is 0. The standard InChI is InChI=1S/C20H21ClN2O2/c1-14-5-7-18(8-6-14)22-20(25)16-12-19(24)23(13-16)10-9-15-3-2-4-17(21)11-15/h2-8,11,16H,9-10,12-13H2,1H3,(H,22,25). The monoisotopic (exact) mass is 356 g/mol. The number of likely N-dealkylation sites (tertiary alicyclic amines) is 1. The van der Waals surface area contributed by atoms with Crippen molar-refractivity contribution in [3.8, 4) is 0 Å². The first-order valence-corrected chi connectivity index (χ1v) is 8.79. The average Bonchev–Trinajstić information content (AvgIpc) is 2.96. The lowest BCUT2D eigenvalue weighted by Gasteiger charge is -2.16. The summed E-state index contributed by atoms with van der Waals surface area (Å²) >= 11 is 5.99. The molecule has 1 saturated heterocycles. The van der Waals surface area contributed by atoms with Crippen LogP contribution in [0.2, 0.25) is 5.02 Å². The number of anilines is 1. The Morgan fingerprint density at radius 2 is 2.00 bits per heavy atom. The highest BCUT2D eigenvalue weighted by Crippen LogP contribution is 2.21. The third-order valence-electron chi connectivity index (χ3n) is 4.46. The van der Waals surface area contributed by atoms with Crippen LogP contribution in [0.5, 0.6) is 0 Å². The molecule has 1 heterocycles. The van der Waals surface area contributed by atoms with Gasteiger partial charge in [-0.25, -0.2) is 0 Å². The molecular formula is C20H21ClN2O2. The molecule has 1 aliphatic heterocycles. The van der Waals surface area contributed by atoms with Crippen LogP contribution in [0, 0.1) is 12.8 Å². The second kappa shape index (κ2) is 7.70. The topological polar surface area (TPSA) is 49.4 Å². The molecule has 0 bridgehead atoms. The van der Waals surface area contributed by atoms with Gasteiger partial charge in [-0.15, -0.1) is 0 Å². The van der Waals surface area contributed by atoms with Gasteiger partial charge in [-0.05, 0) is 43.2 Å². The number of rotatable bonds is 5. The Kier molecular flexibility index (Phi) is 5.39. The number of aryl methyl sites for hydroxylation is 1. The molecule has 4 nitrogen and oxygen atoms in total. The van der Waals surface area contributed by atoms with Gasteiger partial charge < -0.3 is 10.2 Å². The van der Waals surface area contributed by atoms with E-state index in [2.05, 4.69) is 5.32 Å². The molecule has 1 atom stereocenters. The predicted molar refractivity (Wildman–Crippen MR) is 99.7 cm³/mol. The Labute approximate surface area is 152 Å². The summed E-state index contributed by atoms with van der Waals surface area (Å²) in [5, 5.41) is 3.59. The quantitative estimate of drug-likeness (QED) is 0.888. The highest BCUT2D eigenvalue weighted by molar-refractivity contribution is 6.30. The average molecular weight is 357 g/mol. The summed E-state index contributed by atoms with van der Waals surface area (Å²) in [4.78, 5) is 26.4. The molecule has 0 aliphatic carbocycles. The molecule has 2 aromatic carbocycles. The molecule has 2 amide bonds. The van der Waals surface area contributed by atoms with Gasteiger partial charge in [0, 0.05) is 30.2 Å². The predicted octanol–water partition coefficient (Wildman–Crippen LogP) is 3.68. The maximum Gasteiger partial charge on any atom is 0.229 e. The van der Waals surface area contributed by atoms with Crippen LogP contribution in [0.15, 0.2) is 48.5 Å². The van der Waals surface area contributed by atoms with Crippen LogP contribution in [-0.4, -0.2) is 29.8 Å². The molecule has 1 N–H and O–H groups in total. The van der Waals surface area contributed by atoms with Gasteiger partial charge in [-0.3, -0.25) is 9.59 Å². The minimum absolute atomic E-state index is 0.0334. The maximum atomic E-state index is 12.4. The lowest BCUT2D eigenvalue weighted by atomic mass is 10.1. The summed E-state index contributed by atoms with van der Waals surface area (Å²) in [6.45, 7) is 3.07. The zero-order valence-electron chi connectivity index (χ0n) is 14.2. The van der Waals surface area contributed by atoms with Gasteiger partial charge >= 0.3 is 0 Å². The van der Waals surface area contributed by atoms with Crippen LogP contribution in [0.25, 0.3) is 0 Å². The first-order valence-electron chi connectivity index (χ1n) is 8.41. The van der Waals surface area contributed by atoms with E-state index in [1.807, 2.05) is 55.5 Å². The van der Waals surface area contributed by atoms with E-state index in [1.54, 1.807) is 4.90 Å². The molecule has 0 radical (unpaired) electrons. The largest absolute Gasteiger partial charge is 0.342 e. The molecular weight excluding hydrogens is 336 g/mol. The van der Waals surface area contributed by atoms with Gasteiger partial charge in [0.1, 0.15) is 0 Å².